The van der Waals surface area contributed by atoms with Gasteiger partial charge in [0, 0.05) is 0 Å². The van der Waals surface area contributed by atoms with Gasteiger partial charge in [-0.15, -0.1) is 0 Å². The lowest BCUT2D eigenvalue weighted by Gasteiger charge is -2.39. The van der Waals surface area contributed by atoms with Crippen molar-refractivity contribution in [1.82, 2.24) is 0 Å². The molecule has 0 spiro atoms. The van der Waals surface area contributed by atoms with Gasteiger partial charge in [0.2, 0.25) is 0 Å². The monoisotopic (exact) mass is 168 g/mol. The van der Waals surface area contributed by atoms with Gasteiger partial charge in [-0.2, -0.15) is 0 Å². The average molecular weight is 168 g/mol. The van der Waals surface area contributed by atoms with Crippen LogP contribution in [0, 0.1) is 23.2 Å². The molecule has 12 heavy (non-hydrogen) atoms. The fraction of sp³-hybridized carbons (Fsp3) is 1.00. The van der Waals surface area contributed by atoms with E-state index in [-0.39, 0.29) is 0 Å². The summed E-state index contributed by atoms with van der Waals surface area (Å²) in [5.74, 6) is 2.87. The smallest absolute Gasteiger partial charge is 0.0354 e. The molecule has 0 heteroatoms. The predicted molar refractivity (Wildman–Crippen MR) is 55.1 cm³/mol. The zero-order valence-corrected chi connectivity index (χ0v) is 9.35. The second kappa shape index (κ2) is 3.40. The zero-order chi connectivity index (χ0) is 9.35. The topological polar surface area (TPSA) is 0 Å². The van der Waals surface area contributed by atoms with Crippen molar-refractivity contribution in [3.63, 3.8) is 0 Å². The van der Waals surface area contributed by atoms with Crippen LogP contribution in [0.5, 0.6) is 0 Å². The van der Waals surface area contributed by atoms with Crippen molar-refractivity contribution in [2.75, 3.05) is 0 Å². The first-order valence-corrected chi connectivity index (χ1v) is 5.41. The van der Waals surface area contributed by atoms with Crippen molar-refractivity contribution >= 4 is 0 Å². The normalized spacial score (nSPS) is 38.2. The fourth-order valence-corrected chi connectivity index (χ4v) is 2.33. The Balaban J connectivity index is 2.51. The first-order valence-electron chi connectivity index (χ1n) is 5.41. The lowest BCUT2D eigenvalue weighted by molar-refractivity contribution is 0.114. The maximum absolute atomic E-state index is 2.42. The van der Waals surface area contributed by atoms with E-state index in [2.05, 4.69) is 34.6 Å². The maximum atomic E-state index is 2.42. The highest BCUT2D eigenvalue weighted by atomic mass is 14.4. The molecule has 1 aliphatic carbocycles. The molecule has 0 saturated heterocycles. The number of rotatable bonds is 0. The largest absolute Gasteiger partial charge is 0.0623 e. The Morgan fingerprint density at radius 2 is 1.50 bits per heavy atom. The fourth-order valence-electron chi connectivity index (χ4n) is 2.33. The Bertz CT molecular complexity index is 141. The molecule has 1 saturated carbocycles. The van der Waals surface area contributed by atoms with Crippen LogP contribution in [0.4, 0.5) is 0 Å². The number of hydrogen-bond donors (Lipinski definition) is 0. The van der Waals surface area contributed by atoms with Crippen LogP contribution >= 0.6 is 0 Å². The molecule has 3 atom stereocenters. The lowest BCUT2D eigenvalue weighted by atomic mass is 9.66. The van der Waals surface area contributed by atoms with E-state index in [4.69, 9.17) is 0 Å². The van der Waals surface area contributed by atoms with E-state index in [0.717, 1.165) is 17.8 Å². The summed E-state index contributed by atoms with van der Waals surface area (Å²) in [5.41, 5.74) is 0.536. The van der Waals surface area contributed by atoms with E-state index in [1.807, 2.05) is 0 Å². The van der Waals surface area contributed by atoms with Crippen LogP contribution in [0.2, 0.25) is 0 Å². The highest BCUT2D eigenvalue weighted by molar-refractivity contribution is 4.82. The van der Waals surface area contributed by atoms with Crippen LogP contribution in [0.3, 0.4) is 0 Å². The van der Waals surface area contributed by atoms with Crippen molar-refractivity contribution in [1.29, 1.82) is 0 Å². The molecule has 72 valence electrons. The Morgan fingerprint density at radius 1 is 0.917 bits per heavy atom. The van der Waals surface area contributed by atoms with E-state index >= 15 is 0 Å². The van der Waals surface area contributed by atoms with E-state index in [0.29, 0.717) is 5.41 Å². The molecule has 0 radical (unpaired) electrons. The molecule has 0 aromatic heterocycles. The van der Waals surface area contributed by atoms with Crippen LogP contribution in [-0.4, -0.2) is 0 Å². The molecule has 1 fully saturated rings. The third kappa shape index (κ3) is 2.24. The van der Waals surface area contributed by atoms with E-state index in [9.17, 15) is 0 Å². The number of hydrogen-bond acceptors (Lipinski definition) is 0. The molecule has 0 bridgehead atoms. The lowest BCUT2D eigenvalue weighted by Crippen LogP contribution is -2.29. The van der Waals surface area contributed by atoms with Gasteiger partial charge in [-0.25, -0.2) is 0 Å². The second-order valence-corrected chi connectivity index (χ2v) is 5.83. The van der Waals surface area contributed by atoms with E-state index in [1.165, 1.54) is 19.3 Å². The van der Waals surface area contributed by atoms with E-state index in [1.54, 1.807) is 0 Å². The molecular weight excluding hydrogens is 144 g/mol. The molecule has 0 aliphatic heterocycles. The van der Waals surface area contributed by atoms with Crippen molar-refractivity contribution in [2.24, 2.45) is 23.2 Å². The van der Waals surface area contributed by atoms with Gasteiger partial charge >= 0.3 is 0 Å². The van der Waals surface area contributed by atoms with Gasteiger partial charge in [0.05, 0.1) is 0 Å². The highest BCUT2D eigenvalue weighted by Gasteiger charge is 2.31. The third-order valence-corrected chi connectivity index (χ3v) is 3.82. The zero-order valence-electron chi connectivity index (χ0n) is 9.35. The molecule has 1 aliphatic rings. The van der Waals surface area contributed by atoms with Crippen molar-refractivity contribution in [2.45, 2.75) is 53.9 Å². The minimum Gasteiger partial charge on any atom is -0.0623 e. The molecular formula is C12H24. The van der Waals surface area contributed by atoms with Crippen LogP contribution < -0.4 is 0 Å². The molecule has 0 amide bonds. The SMILES string of the molecule is CC1CC[C@@H](C(C)(C)C)CC1C. The first kappa shape index (κ1) is 10.1. The van der Waals surface area contributed by atoms with Crippen molar-refractivity contribution < 1.29 is 0 Å². The molecule has 1 rings (SSSR count). The van der Waals surface area contributed by atoms with Gasteiger partial charge < -0.3 is 0 Å². The standard InChI is InChI=1S/C12H24/c1-9-6-7-11(8-10(9)2)12(3,4)5/h9-11H,6-8H2,1-5H3/t9?,10?,11-/m1/s1. The van der Waals surface area contributed by atoms with Gasteiger partial charge in [-0.3, -0.25) is 0 Å². The van der Waals surface area contributed by atoms with Gasteiger partial charge in [0.25, 0.3) is 0 Å². The van der Waals surface area contributed by atoms with Crippen LogP contribution in [0.15, 0.2) is 0 Å². The first-order chi connectivity index (χ1) is 5.41. The quantitative estimate of drug-likeness (QED) is 0.511. The van der Waals surface area contributed by atoms with Gasteiger partial charge in [0.1, 0.15) is 0 Å². The average Bonchev–Trinajstić information content (AvgIpc) is 1.92. The molecule has 0 heterocycles. The maximum Gasteiger partial charge on any atom is -0.0354 e. The summed E-state index contributed by atoms with van der Waals surface area (Å²) < 4.78 is 0. The van der Waals surface area contributed by atoms with Crippen LogP contribution in [-0.2, 0) is 0 Å². The van der Waals surface area contributed by atoms with Crippen LogP contribution in [0.25, 0.3) is 0 Å². The van der Waals surface area contributed by atoms with Crippen molar-refractivity contribution in [3.8, 4) is 0 Å². The van der Waals surface area contributed by atoms with Crippen molar-refractivity contribution in [3.05, 3.63) is 0 Å². The summed E-state index contributed by atoms with van der Waals surface area (Å²) >= 11 is 0. The molecule has 0 aromatic carbocycles. The Labute approximate surface area is 77.7 Å². The summed E-state index contributed by atoms with van der Waals surface area (Å²) in [5, 5.41) is 0. The Kier molecular flexibility index (Phi) is 2.85. The molecule has 0 nitrogen and oxygen atoms in total. The highest BCUT2D eigenvalue weighted by Crippen LogP contribution is 2.42. The Hall–Kier alpha value is 0. The Morgan fingerprint density at radius 3 is 1.92 bits per heavy atom. The molecule has 0 aromatic rings. The van der Waals surface area contributed by atoms with E-state index < -0.39 is 0 Å². The summed E-state index contributed by atoms with van der Waals surface area (Å²) in [7, 11) is 0. The summed E-state index contributed by atoms with van der Waals surface area (Å²) in [6.07, 6.45) is 4.35. The van der Waals surface area contributed by atoms with Gasteiger partial charge in [0.15, 0.2) is 0 Å². The molecule has 0 N–H and O–H groups in total. The molecule has 2 unspecified atom stereocenters. The van der Waals surface area contributed by atoms with Gasteiger partial charge in [-0.05, 0) is 36.0 Å². The van der Waals surface area contributed by atoms with Crippen LogP contribution in [0.1, 0.15) is 53.9 Å². The second-order valence-electron chi connectivity index (χ2n) is 5.83. The summed E-state index contributed by atoms with van der Waals surface area (Å²) in [4.78, 5) is 0. The summed E-state index contributed by atoms with van der Waals surface area (Å²) in [6.45, 7) is 12.0. The predicted octanol–water partition coefficient (Wildman–Crippen LogP) is 4.10. The third-order valence-electron chi connectivity index (χ3n) is 3.82. The minimum absolute atomic E-state index is 0.536. The minimum atomic E-state index is 0.536. The van der Waals surface area contributed by atoms with Gasteiger partial charge in [-0.1, -0.05) is 41.0 Å². The summed E-state index contributed by atoms with van der Waals surface area (Å²) in [6, 6.07) is 0.